The molecule has 0 radical (unpaired) electrons. The zero-order chi connectivity index (χ0) is 14.8. The number of aryl methyl sites for hydroxylation is 1. The molecule has 0 bridgehead atoms. The number of nitrogens with one attached hydrogen (secondary N) is 1. The van der Waals surface area contributed by atoms with Crippen molar-refractivity contribution in [3.63, 3.8) is 0 Å². The number of nitrogens with zero attached hydrogens (tertiary/aromatic N) is 1. The summed E-state index contributed by atoms with van der Waals surface area (Å²) < 4.78 is 1.60. The number of nitrogens with two attached hydrogens (primary N) is 1. The fourth-order valence-corrected chi connectivity index (χ4v) is 2.65. The fraction of sp³-hybridized carbons (Fsp3) is 0.312. The number of hydrogen-bond donors (Lipinski definition) is 2. The van der Waals surface area contributed by atoms with E-state index >= 15 is 0 Å². The molecule has 1 aromatic carbocycles. The van der Waals surface area contributed by atoms with E-state index in [0.29, 0.717) is 0 Å². The summed E-state index contributed by atoms with van der Waals surface area (Å²) in [4.78, 5) is 12.6. The first-order valence-electron chi connectivity index (χ1n) is 7.09. The first-order valence-corrected chi connectivity index (χ1v) is 7.97. The van der Waals surface area contributed by atoms with Gasteiger partial charge in [0.15, 0.2) is 0 Å². The van der Waals surface area contributed by atoms with Gasteiger partial charge in [0.25, 0.3) is 0 Å². The molecule has 0 unspecified atom stereocenters. The quantitative estimate of drug-likeness (QED) is 0.834. The molecule has 4 nitrogen and oxygen atoms in total. The molecule has 21 heavy (non-hydrogen) atoms. The number of hydrogen-bond acceptors (Lipinski definition) is 4. The Labute approximate surface area is 128 Å². The molecule has 110 valence electrons. The van der Waals surface area contributed by atoms with Gasteiger partial charge in [0.1, 0.15) is 0 Å². The van der Waals surface area contributed by atoms with E-state index in [-0.39, 0.29) is 5.56 Å². The third-order valence-corrected chi connectivity index (χ3v) is 4.33. The van der Waals surface area contributed by atoms with E-state index < -0.39 is 0 Å². The van der Waals surface area contributed by atoms with Crippen LogP contribution < -0.4 is 16.0 Å². The summed E-state index contributed by atoms with van der Waals surface area (Å²) in [5.41, 5.74) is 3.20. The van der Waals surface area contributed by atoms with E-state index in [2.05, 4.69) is 17.4 Å². The standard InChI is InChI=1S/C16H19N3OS/c1-19-10-12(4-7-16(19)20)14-8-13(21-17)5-6-15(14)18-9-11-2-3-11/h4-8,10-11,18H,2-3,9,17H2,1H3. The molecule has 0 amide bonds. The number of pyridine rings is 1. The summed E-state index contributed by atoms with van der Waals surface area (Å²) >= 11 is 1.23. The van der Waals surface area contributed by atoms with Gasteiger partial charge in [0, 0.05) is 47.6 Å². The van der Waals surface area contributed by atoms with Gasteiger partial charge in [-0.15, -0.1) is 0 Å². The van der Waals surface area contributed by atoms with Gasteiger partial charge in [-0.2, -0.15) is 0 Å². The summed E-state index contributed by atoms with van der Waals surface area (Å²) in [7, 11) is 1.77. The zero-order valence-electron chi connectivity index (χ0n) is 12.0. The second-order valence-corrected chi connectivity index (χ2v) is 6.22. The molecule has 1 saturated carbocycles. The lowest BCUT2D eigenvalue weighted by Crippen LogP contribution is -2.14. The monoisotopic (exact) mass is 301 g/mol. The summed E-state index contributed by atoms with van der Waals surface area (Å²) in [5, 5.41) is 9.20. The van der Waals surface area contributed by atoms with E-state index in [1.165, 1.54) is 24.8 Å². The number of anilines is 1. The average molecular weight is 301 g/mol. The molecule has 3 rings (SSSR count). The van der Waals surface area contributed by atoms with Gasteiger partial charge in [-0.3, -0.25) is 9.93 Å². The van der Waals surface area contributed by atoms with E-state index in [1.54, 1.807) is 17.7 Å². The molecular weight excluding hydrogens is 282 g/mol. The van der Waals surface area contributed by atoms with Crippen LogP contribution in [0.5, 0.6) is 0 Å². The molecule has 0 aliphatic heterocycles. The van der Waals surface area contributed by atoms with Crippen molar-refractivity contribution >= 4 is 17.6 Å². The molecule has 0 atom stereocenters. The van der Waals surface area contributed by atoms with Crippen molar-refractivity contribution in [1.29, 1.82) is 0 Å². The van der Waals surface area contributed by atoms with E-state index in [1.807, 2.05) is 18.3 Å². The first kappa shape index (κ1) is 14.2. The second kappa shape index (κ2) is 5.95. The normalized spacial score (nSPS) is 14.2. The molecule has 1 aromatic heterocycles. The maximum absolute atomic E-state index is 11.6. The van der Waals surface area contributed by atoms with E-state index in [4.69, 9.17) is 5.14 Å². The summed E-state index contributed by atoms with van der Waals surface area (Å²) in [5.74, 6) is 0.807. The van der Waals surface area contributed by atoms with Crippen LogP contribution in [-0.4, -0.2) is 11.1 Å². The smallest absolute Gasteiger partial charge is 0.250 e. The first-order chi connectivity index (χ1) is 10.2. The van der Waals surface area contributed by atoms with Crippen LogP contribution in [0.15, 0.2) is 46.2 Å². The van der Waals surface area contributed by atoms with Gasteiger partial charge in [-0.25, -0.2) is 0 Å². The van der Waals surface area contributed by atoms with E-state index in [9.17, 15) is 4.79 Å². The van der Waals surface area contributed by atoms with Crippen molar-refractivity contribution < 1.29 is 0 Å². The van der Waals surface area contributed by atoms with Gasteiger partial charge < -0.3 is 9.88 Å². The van der Waals surface area contributed by atoms with E-state index in [0.717, 1.165) is 34.2 Å². The maximum Gasteiger partial charge on any atom is 0.250 e. The molecule has 1 fully saturated rings. The van der Waals surface area contributed by atoms with Crippen LogP contribution in [0, 0.1) is 5.92 Å². The third-order valence-electron chi connectivity index (χ3n) is 3.80. The van der Waals surface area contributed by atoms with Crippen molar-refractivity contribution in [2.24, 2.45) is 18.1 Å². The van der Waals surface area contributed by atoms with Crippen molar-refractivity contribution in [3.8, 4) is 11.1 Å². The van der Waals surface area contributed by atoms with Crippen molar-refractivity contribution in [2.75, 3.05) is 11.9 Å². The van der Waals surface area contributed by atoms with Crippen LogP contribution in [0.25, 0.3) is 11.1 Å². The number of aromatic nitrogens is 1. The minimum Gasteiger partial charge on any atom is -0.384 e. The molecule has 2 aromatic rings. The second-order valence-electron chi connectivity index (χ2n) is 5.52. The molecule has 0 saturated heterocycles. The predicted octanol–water partition coefficient (Wildman–Crippen LogP) is 2.84. The van der Waals surface area contributed by atoms with Crippen LogP contribution in [0.1, 0.15) is 12.8 Å². The Morgan fingerprint density at radius 1 is 1.33 bits per heavy atom. The minimum absolute atomic E-state index is 0.00408. The Morgan fingerprint density at radius 2 is 2.14 bits per heavy atom. The summed E-state index contributed by atoms with van der Waals surface area (Å²) in [6, 6.07) is 9.62. The van der Waals surface area contributed by atoms with Crippen molar-refractivity contribution in [3.05, 3.63) is 46.9 Å². The highest BCUT2D eigenvalue weighted by Crippen LogP contribution is 2.33. The molecule has 5 heteroatoms. The maximum atomic E-state index is 11.6. The average Bonchev–Trinajstić information content (AvgIpc) is 3.32. The lowest BCUT2D eigenvalue weighted by molar-refractivity contribution is 0.862. The van der Waals surface area contributed by atoms with Gasteiger partial charge in [0.2, 0.25) is 5.56 Å². The lowest BCUT2D eigenvalue weighted by Gasteiger charge is -2.14. The third kappa shape index (κ3) is 3.31. The Kier molecular flexibility index (Phi) is 4.03. The minimum atomic E-state index is -0.00408. The molecule has 1 aliphatic rings. The van der Waals surface area contributed by atoms with Crippen molar-refractivity contribution in [1.82, 2.24) is 4.57 Å². The molecular formula is C16H19N3OS. The van der Waals surface area contributed by atoms with Crippen LogP contribution >= 0.6 is 11.9 Å². The Morgan fingerprint density at radius 3 is 2.81 bits per heavy atom. The predicted molar refractivity (Wildman–Crippen MR) is 88.4 cm³/mol. The fourth-order valence-electron chi connectivity index (χ4n) is 2.32. The van der Waals surface area contributed by atoms with Crippen LogP contribution in [-0.2, 0) is 7.05 Å². The lowest BCUT2D eigenvalue weighted by atomic mass is 10.1. The number of rotatable bonds is 5. The Balaban J connectivity index is 1.99. The topological polar surface area (TPSA) is 60.0 Å². The summed E-state index contributed by atoms with van der Waals surface area (Å²) in [6.07, 6.45) is 4.50. The highest BCUT2D eigenvalue weighted by molar-refractivity contribution is 7.97. The Hall–Kier alpha value is -1.72. The van der Waals surface area contributed by atoms with Gasteiger partial charge in [-0.1, -0.05) is 0 Å². The van der Waals surface area contributed by atoms with Gasteiger partial charge in [0.05, 0.1) is 0 Å². The highest BCUT2D eigenvalue weighted by Gasteiger charge is 2.21. The SMILES string of the molecule is Cn1cc(-c2cc(SN)ccc2NCC2CC2)ccc1=O. The van der Waals surface area contributed by atoms with Crippen molar-refractivity contribution in [2.45, 2.75) is 17.7 Å². The summed E-state index contributed by atoms with van der Waals surface area (Å²) in [6.45, 7) is 1.01. The highest BCUT2D eigenvalue weighted by atomic mass is 32.2. The molecule has 1 heterocycles. The van der Waals surface area contributed by atoms with Crippen LogP contribution in [0.4, 0.5) is 5.69 Å². The zero-order valence-corrected chi connectivity index (χ0v) is 12.8. The van der Waals surface area contributed by atoms with Gasteiger partial charge in [-0.05, 0) is 55.0 Å². The van der Waals surface area contributed by atoms with Crippen LogP contribution in [0.3, 0.4) is 0 Å². The Bertz CT molecular complexity index is 707. The molecule has 1 aliphatic carbocycles. The molecule has 3 N–H and O–H groups in total. The van der Waals surface area contributed by atoms with Crippen LogP contribution in [0.2, 0.25) is 0 Å². The largest absolute Gasteiger partial charge is 0.384 e. The van der Waals surface area contributed by atoms with Gasteiger partial charge >= 0.3 is 0 Å². The molecule has 0 spiro atoms. The number of benzene rings is 1.